The second kappa shape index (κ2) is 5.93. The van der Waals surface area contributed by atoms with Crippen LogP contribution in [0.3, 0.4) is 0 Å². The third-order valence-corrected chi connectivity index (χ3v) is 2.02. The number of oxazole rings is 1. The van der Waals surface area contributed by atoms with Gasteiger partial charge in [-0.15, -0.1) is 6.42 Å². The normalized spacial score (nSPS) is 11.8. The van der Waals surface area contributed by atoms with Crippen LogP contribution in [-0.4, -0.2) is 17.4 Å². The van der Waals surface area contributed by atoms with Gasteiger partial charge in [0.2, 0.25) is 5.89 Å². The molecule has 0 aliphatic carbocycles. The molecule has 5 heteroatoms. The van der Waals surface area contributed by atoms with Crippen molar-refractivity contribution in [3.63, 3.8) is 0 Å². The molecule has 0 aromatic carbocycles. The van der Waals surface area contributed by atoms with Crippen LogP contribution in [0.15, 0.2) is 10.7 Å². The van der Waals surface area contributed by atoms with Gasteiger partial charge in [-0.05, 0) is 6.42 Å². The van der Waals surface area contributed by atoms with Crippen LogP contribution in [0.4, 0.5) is 0 Å². The highest BCUT2D eigenvalue weighted by Crippen LogP contribution is 2.14. The lowest BCUT2D eigenvalue weighted by Crippen LogP contribution is -2.24. The molecule has 1 amide bonds. The fraction of sp³-hybridized carbons (Fsp3) is 0.455. The molecule has 1 aromatic rings. The minimum Gasteiger partial charge on any atom is -0.446 e. The summed E-state index contributed by atoms with van der Waals surface area (Å²) in [4.78, 5) is 15.4. The molecule has 1 heterocycles. The van der Waals surface area contributed by atoms with E-state index in [2.05, 4.69) is 16.2 Å². The van der Waals surface area contributed by atoms with Crippen molar-refractivity contribution in [2.24, 2.45) is 5.73 Å². The molecule has 16 heavy (non-hydrogen) atoms. The molecule has 0 radical (unpaired) electrons. The number of rotatable bonds is 5. The second-order valence-corrected chi connectivity index (χ2v) is 3.35. The Bertz CT molecular complexity index is 392. The second-order valence-electron chi connectivity index (χ2n) is 3.35. The van der Waals surface area contributed by atoms with Gasteiger partial charge >= 0.3 is 0 Å². The lowest BCUT2D eigenvalue weighted by Gasteiger charge is -2.03. The lowest BCUT2D eigenvalue weighted by molar-refractivity contribution is 0.0953. The third kappa shape index (κ3) is 3.11. The number of nitrogens with one attached hydrogen (secondary N) is 1. The predicted molar refractivity (Wildman–Crippen MR) is 59.5 cm³/mol. The van der Waals surface area contributed by atoms with Crippen molar-refractivity contribution in [1.29, 1.82) is 0 Å². The molecule has 1 unspecified atom stereocenters. The van der Waals surface area contributed by atoms with Crippen LogP contribution in [0.5, 0.6) is 0 Å². The van der Waals surface area contributed by atoms with Crippen molar-refractivity contribution in [3.8, 4) is 12.3 Å². The summed E-state index contributed by atoms with van der Waals surface area (Å²) >= 11 is 0. The average molecular weight is 221 g/mol. The minimum atomic E-state index is -0.350. The molecule has 0 saturated carbocycles. The fourth-order valence-corrected chi connectivity index (χ4v) is 1.22. The summed E-state index contributed by atoms with van der Waals surface area (Å²) in [5.41, 5.74) is 6.00. The standard InChI is InChI=1S/C11H15N3O2/c1-3-5-8(12)11-14-9(7-16-11)10(15)13-6-4-2/h2,7-8H,3,5-6,12H2,1H3,(H,13,15). The maximum atomic E-state index is 11.4. The number of carbonyl (C=O) groups excluding carboxylic acids is 1. The molecule has 1 aromatic heterocycles. The molecule has 5 nitrogen and oxygen atoms in total. The van der Waals surface area contributed by atoms with Gasteiger partial charge in [-0.2, -0.15) is 0 Å². The van der Waals surface area contributed by atoms with E-state index >= 15 is 0 Å². The first-order valence-corrected chi connectivity index (χ1v) is 5.11. The van der Waals surface area contributed by atoms with Gasteiger partial charge < -0.3 is 15.5 Å². The number of hydrogen-bond donors (Lipinski definition) is 2. The maximum absolute atomic E-state index is 11.4. The molecule has 0 saturated heterocycles. The van der Waals surface area contributed by atoms with Crippen LogP contribution in [-0.2, 0) is 0 Å². The van der Waals surface area contributed by atoms with Crippen molar-refractivity contribution in [2.75, 3.05) is 6.54 Å². The average Bonchev–Trinajstić information content (AvgIpc) is 2.75. The van der Waals surface area contributed by atoms with E-state index in [0.717, 1.165) is 12.8 Å². The van der Waals surface area contributed by atoms with Crippen LogP contribution in [0.2, 0.25) is 0 Å². The van der Waals surface area contributed by atoms with E-state index in [0.29, 0.717) is 5.89 Å². The summed E-state index contributed by atoms with van der Waals surface area (Å²) in [6, 6.07) is -0.265. The van der Waals surface area contributed by atoms with E-state index in [4.69, 9.17) is 16.6 Å². The van der Waals surface area contributed by atoms with E-state index in [1.54, 1.807) is 0 Å². The Labute approximate surface area is 94.4 Å². The number of nitrogens with zero attached hydrogens (tertiary/aromatic N) is 1. The summed E-state index contributed by atoms with van der Waals surface area (Å²) in [6.07, 6.45) is 8.01. The van der Waals surface area contributed by atoms with Crippen LogP contribution in [0.25, 0.3) is 0 Å². The highest BCUT2D eigenvalue weighted by molar-refractivity contribution is 5.92. The van der Waals surface area contributed by atoms with E-state index in [-0.39, 0.29) is 24.2 Å². The Hall–Kier alpha value is -1.80. The van der Waals surface area contributed by atoms with Crippen molar-refractivity contribution >= 4 is 5.91 Å². The van der Waals surface area contributed by atoms with Crippen molar-refractivity contribution in [3.05, 3.63) is 17.8 Å². The van der Waals surface area contributed by atoms with Gasteiger partial charge in [0, 0.05) is 0 Å². The number of amides is 1. The summed E-state index contributed by atoms with van der Waals surface area (Å²) < 4.78 is 5.13. The first kappa shape index (κ1) is 12.3. The number of nitrogens with two attached hydrogens (primary N) is 1. The smallest absolute Gasteiger partial charge is 0.273 e. The topological polar surface area (TPSA) is 81.2 Å². The molecule has 1 rings (SSSR count). The molecular weight excluding hydrogens is 206 g/mol. The SMILES string of the molecule is C#CCNC(=O)c1coc(C(N)CCC)n1. The first-order valence-electron chi connectivity index (χ1n) is 5.11. The molecule has 0 bridgehead atoms. The van der Waals surface area contributed by atoms with E-state index in [9.17, 15) is 4.79 Å². The first-order chi connectivity index (χ1) is 7.69. The van der Waals surface area contributed by atoms with E-state index in [1.165, 1.54) is 6.26 Å². The summed E-state index contributed by atoms with van der Waals surface area (Å²) in [7, 11) is 0. The minimum absolute atomic E-state index is 0.169. The Morgan fingerprint density at radius 1 is 1.81 bits per heavy atom. The van der Waals surface area contributed by atoms with Gasteiger partial charge in [-0.25, -0.2) is 4.98 Å². The zero-order valence-corrected chi connectivity index (χ0v) is 9.19. The Kier molecular flexibility index (Phi) is 4.55. The largest absolute Gasteiger partial charge is 0.446 e. The van der Waals surface area contributed by atoms with Gasteiger partial charge in [-0.1, -0.05) is 19.3 Å². The summed E-state index contributed by atoms with van der Waals surface area (Å²) in [5.74, 6) is 2.34. The van der Waals surface area contributed by atoms with Crippen molar-refractivity contribution < 1.29 is 9.21 Å². The highest BCUT2D eigenvalue weighted by atomic mass is 16.3. The molecule has 3 N–H and O–H groups in total. The zero-order valence-electron chi connectivity index (χ0n) is 9.19. The third-order valence-electron chi connectivity index (χ3n) is 2.02. The zero-order chi connectivity index (χ0) is 12.0. The summed E-state index contributed by atoms with van der Waals surface area (Å²) in [5, 5.41) is 2.49. The summed E-state index contributed by atoms with van der Waals surface area (Å²) in [6.45, 7) is 2.19. The van der Waals surface area contributed by atoms with Crippen molar-refractivity contribution in [1.82, 2.24) is 10.3 Å². The molecule has 0 aliphatic rings. The quantitative estimate of drug-likeness (QED) is 0.722. The monoisotopic (exact) mass is 221 g/mol. The molecule has 1 atom stereocenters. The van der Waals surface area contributed by atoms with Gasteiger partial charge in [0.15, 0.2) is 5.69 Å². The number of aromatic nitrogens is 1. The van der Waals surface area contributed by atoms with E-state index in [1.807, 2.05) is 6.92 Å². The number of hydrogen-bond acceptors (Lipinski definition) is 4. The predicted octanol–water partition coefficient (Wildman–Crippen LogP) is 0.838. The van der Waals surface area contributed by atoms with Crippen LogP contribution in [0.1, 0.15) is 42.2 Å². The Morgan fingerprint density at radius 3 is 3.19 bits per heavy atom. The highest BCUT2D eigenvalue weighted by Gasteiger charge is 2.15. The van der Waals surface area contributed by atoms with Crippen molar-refractivity contribution in [2.45, 2.75) is 25.8 Å². The van der Waals surface area contributed by atoms with Gasteiger partial charge in [0.1, 0.15) is 6.26 Å². The fourth-order valence-electron chi connectivity index (χ4n) is 1.22. The number of carbonyl (C=O) groups is 1. The van der Waals surface area contributed by atoms with Crippen LogP contribution < -0.4 is 11.1 Å². The molecular formula is C11H15N3O2. The lowest BCUT2D eigenvalue weighted by atomic mass is 10.2. The Morgan fingerprint density at radius 2 is 2.56 bits per heavy atom. The molecule has 0 spiro atoms. The number of terminal acetylenes is 1. The molecule has 86 valence electrons. The van der Waals surface area contributed by atoms with Gasteiger partial charge in [-0.3, -0.25) is 4.79 Å². The molecule has 0 fully saturated rings. The van der Waals surface area contributed by atoms with E-state index < -0.39 is 0 Å². The molecule has 0 aliphatic heterocycles. The van der Waals surface area contributed by atoms with Crippen LogP contribution >= 0.6 is 0 Å². The maximum Gasteiger partial charge on any atom is 0.273 e. The Balaban J connectivity index is 2.64. The van der Waals surface area contributed by atoms with Gasteiger partial charge in [0.05, 0.1) is 12.6 Å². The van der Waals surface area contributed by atoms with Crippen LogP contribution in [0, 0.1) is 12.3 Å². The van der Waals surface area contributed by atoms with Gasteiger partial charge in [0.25, 0.3) is 5.91 Å².